The number of carbonyl (C=O) groups is 2. The number of amides is 1. The van der Waals surface area contributed by atoms with Crippen molar-refractivity contribution in [3.63, 3.8) is 0 Å². The Balaban J connectivity index is 1.69. The highest BCUT2D eigenvalue weighted by atomic mass is 19.1. The van der Waals surface area contributed by atoms with Gasteiger partial charge in [0.15, 0.2) is 0 Å². The number of rotatable bonds is 5. The van der Waals surface area contributed by atoms with Crippen LogP contribution in [0.2, 0.25) is 0 Å². The summed E-state index contributed by atoms with van der Waals surface area (Å²) in [5.41, 5.74) is -0.709. The molecule has 2 fully saturated rings. The highest BCUT2D eigenvalue weighted by molar-refractivity contribution is 5.90. The maximum Gasteiger partial charge on any atom is 0.410 e. The maximum absolute atomic E-state index is 14.5. The van der Waals surface area contributed by atoms with Gasteiger partial charge < -0.3 is 19.1 Å². The maximum atomic E-state index is 14.5. The number of hydrogen-bond acceptors (Lipinski definition) is 6. The number of esters is 1. The fourth-order valence-electron chi connectivity index (χ4n) is 3.62. The SMILES string of the molecule is COC(=O)c1cc(C2CC2)c(OCC2(C#N)CCN(C(=O)OC(C)(C)C)CC2)cc1F. The first-order valence-electron chi connectivity index (χ1n) is 10.5. The second kappa shape index (κ2) is 8.74. The molecule has 168 valence electrons. The molecule has 1 aliphatic carbocycles. The molecule has 1 aromatic rings. The van der Waals surface area contributed by atoms with Crippen LogP contribution in [-0.4, -0.2) is 49.4 Å². The highest BCUT2D eigenvalue weighted by Crippen LogP contribution is 2.45. The number of ether oxygens (including phenoxy) is 3. The summed E-state index contributed by atoms with van der Waals surface area (Å²) in [5, 5.41) is 9.83. The topological polar surface area (TPSA) is 88.9 Å². The minimum Gasteiger partial charge on any atom is -0.492 e. The predicted molar refractivity (Wildman–Crippen MR) is 110 cm³/mol. The molecular formula is C23H29FN2O5. The molecule has 0 unspecified atom stereocenters. The van der Waals surface area contributed by atoms with Crippen molar-refractivity contribution in [2.75, 3.05) is 26.8 Å². The first-order valence-corrected chi connectivity index (χ1v) is 10.5. The Morgan fingerprint density at radius 2 is 1.90 bits per heavy atom. The van der Waals surface area contributed by atoms with Crippen LogP contribution >= 0.6 is 0 Å². The third-order valence-corrected chi connectivity index (χ3v) is 5.64. The van der Waals surface area contributed by atoms with Crippen LogP contribution in [0, 0.1) is 22.6 Å². The Labute approximate surface area is 182 Å². The minimum absolute atomic E-state index is 0.0857. The summed E-state index contributed by atoms with van der Waals surface area (Å²) in [5.74, 6) is -0.867. The minimum atomic E-state index is -0.781. The van der Waals surface area contributed by atoms with Gasteiger partial charge in [0.25, 0.3) is 0 Å². The quantitative estimate of drug-likeness (QED) is 0.641. The van der Waals surface area contributed by atoms with E-state index in [0.29, 0.717) is 31.7 Å². The Bertz CT molecular complexity index is 890. The number of hydrogen-bond donors (Lipinski definition) is 0. The van der Waals surface area contributed by atoms with E-state index < -0.39 is 28.9 Å². The fourth-order valence-corrected chi connectivity index (χ4v) is 3.62. The number of nitriles is 1. The van der Waals surface area contributed by atoms with Crippen LogP contribution in [0.3, 0.4) is 0 Å². The average molecular weight is 432 g/mol. The van der Waals surface area contributed by atoms with Gasteiger partial charge in [0.1, 0.15) is 23.8 Å². The van der Waals surface area contributed by atoms with Crippen LogP contribution in [0.25, 0.3) is 0 Å². The van der Waals surface area contributed by atoms with E-state index in [0.717, 1.165) is 18.4 Å². The lowest BCUT2D eigenvalue weighted by atomic mass is 9.80. The van der Waals surface area contributed by atoms with Crippen LogP contribution in [-0.2, 0) is 9.47 Å². The molecule has 8 heteroatoms. The number of nitrogens with zero attached hydrogens (tertiary/aromatic N) is 2. The molecule has 3 rings (SSSR count). The van der Waals surface area contributed by atoms with E-state index in [1.165, 1.54) is 19.2 Å². The highest BCUT2D eigenvalue weighted by Gasteiger charge is 2.39. The van der Waals surface area contributed by atoms with Gasteiger partial charge in [-0.3, -0.25) is 0 Å². The van der Waals surface area contributed by atoms with Crippen molar-refractivity contribution in [2.45, 2.75) is 58.0 Å². The molecule has 7 nitrogen and oxygen atoms in total. The number of likely N-dealkylation sites (tertiary alicyclic amines) is 1. The van der Waals surface area contributed by atoms with Gasteiger partial charge in [-0.15, -0.1) is 0 Å². The summed E-state index contributed by atoms with van der Waals surface area (Å²) in [6.45, 7) is 6.29. The van der Waals surface area contributed by atoms with Crippen molar-refractivity contribution in [1.82, 2.24) is 4.90 Å². The lowest BCUT2D eigenvalue weighted by molar-refractivity contribution is 0.0108. The molecule has 0 N–H and O–H groups in total. The van der Waals surface area contributed by atoms with Gasteiger partial charge in [0.05, 0.1) is 24.2 Å². The van der Waals surface area contributed by atoms with Crippen molar-refractivity contribution in [1.29, 1.82) is 5.26 Å². The zero-order chi connectivity index (χ0) is 22.8. The zero-order valence-electron chi connectivity index (χ0n) is 18.5. The van der Waals surface area contributed by atoms with E-state index in [1.54, 1.807) is 4.90 Å². The van der Waals surface area contributed by atoms with Crippen molar-refractivity contribution in [3.05, 3.63) is 29.1 Å². The molecule has 1 amide bonds. The second-order valence-electron chi connectivity index (χ2n) is 9.28. The number of halogens is 1. The molecule has 1 aromatic carbocycles. The van der Waals surface area contributed by atoms with Gasteiger partial charge in [-0.05, 0) is 64.0 Å². The van der Waals surface area contributed by atoms with Crippen molar-refractivity contribution in [2.24, 2.45) is 5.41 Å². The summed E-state index contributed by atoms with van der Waals surface area (Å²) < 4.78 is 30.5. The summed E-state index contributed by atoms with van der Waals surface area (Å²) in [7, 11) is 1.21. The smallest absolute Gasteiger partial charge is 0.410 e. The Hall–Kier alpha value is -2.82. The van der Waals surface area contributed by atoms with Gasteiger partial charge in [-0.1, -0.05) is 0 Å². The van der Waals surface area contributed by atoms with Crippen LogP contribution in [0.4, 0.5) is 9.18 Å². The number of piperidine rings is 1. The summed E-state index contributed by atoms with van der Waals surface area (Å²) >= 11 is 0. The molecule has 0 aromatic heterocycles. The molecule has 0 spiro atoms. The molecule has 31 heavy (non-hydrogen) atoms. The Morgan fingerprint density at radius 3 is 2.42 bits per heavy atom. The normalized spacial score (nSPS) is 18.1. The van der Waals surface area contributed by atoms with Gasteiger partial charge in [0.2, 0.25) is 0 Å². The van der Waals surface area contributed by atoms with E-state index in [2.05, 4.69) is 10.8 Å². The zero-order valence-corrected chi connectivity index (χ0v) is 18.5. The molecular weight excluding hydrogens is 403 g/mol. The van der Waals surface area contributed by atoms with E-state index >= 15 is 0 Å². The second-order valence-corrected chi connectivity index (χ2v) is 9.28. The third kappa shape index (κ3) is 5.46. The van der Waals surface area contributed by atoms with Crippen molar-refractivity contribution >= 4 is 12.1 Å². The molecule has 1 heterocycles. The standard InChI is InChI=1S/C23H29FN2O5/c1-22(2,3)31-21(28)26-9-7-23(13-25,8-10-26)14-30-19-12-18(24)17(20(27)29-4)11-16(19)15-5-6-15/h11-12,15H,5-10,14H2,1-4H3. The molecule has 0 bridgehead atoms. The van der Waals surface area contributed by atoms with E-state index in [-0.39, 0.29) is 18.1 Å². The van der Waals surface area contributed by atoms with E-state index in [4.69, 9.17) is 9.47 Å². The monoisotopic (exact) mass is 432 g/mol. The van der Waals surface area contributed by atoms with Crippen LogP contribution in [0.1, 0.15) is 68.3 Å². The van der Waals surface area contributed by atoms with E-state index in [9.17, 15) is 19.2 Å². The number of carbonyl (C=O) groups excluding carboxylic acids is 2. The number of benzene rings is 1. The first kappa shape index (κ1) is 22.9. The van der Waals surface area contributed by atoms with Crippen molar-refractivity contribution < 1.29 is 28.2 Å². The van der Waals surface area contributed by atoms with Gasteiger partial charge in [0, 0.05) is 19.2 Å². The van der Waals surface area contributed by atoms with E-state index in [1.807, 2.05) is 20.8 Å². The molecule has 1 saturated carbocycles. The first-order chi connectivity index (χ1) is 14.6. The summed E-state index contributed by atoms with van der Waals surface area (Å²) in [4.78, 5) is 25.7. The van der Waals surface area contributed by atoms with Crippen LogP contribution in [0.15, 0.2) is 12.1 Å². The molecule has 1 aliphatic heterocycles. The predicted octanol–water partition coefficient (Wildman–Crippen LogP) is 4.41. The largest absolute Gasteiger partial charge is 0.492 e. The molecule has 1 saturated heterocycles. The van der Waals surface area contributed by atoms with Crippen LogP contribution in [0.5, 0.6) is 5.75 Å². The van der Waals surface area contributed by atoms with Gasteiger partial charge in [-0.25, -0.2) is 14.0 Å². The molecule has 0 radical (unpaired) electrons. The average Bonchev–Trinajstić information content (AvgIpc) is 3.56. The van der Waals surface area contributed by atoms with Gasteiger partial charge >= 0.3 is 12.1 Å². The Kier molecular flexibility index (Phi) is 6.44. The van der Waals surface area contributed by atoms with Crippen LogP contribution < -0.4 is 4.74 Å². The molecule has 2 aliphatic rings. The Morgan fingerprint density at radius 1 is 1.26 bits per heavy atom. The molecule has 0 atom stereocenters. The van der Waals surface area contributed by atoms with Crippen molar-refractivity contribution in [3.8, 4) is 11.8 Å². The summed E-state index contributed by atoms with van der Waals surface area (Å²) in [6, 6.07) is 5.05. The lowest BCUT2D eigenvalue weighted by Crippen LogP contribution is -2.46. The van der Waals surface area contributed by atoms with Gasteiger partial charge in [-0.2, -0.15) is 5.26 Å². The summed E-state index contributed by atoms with van der Waals surface area (Å²) in [6.07, 6.45) is 2.36. The third-order valence-electron chi connectivity index (χ3n) is 5.64. The number of methoxy groups -OCH3 is 1. The fraction of sp³-hybridized carbons (Fsp3) is 0.609. The lowest BCUT2D eigenvalue weighted by Gasteiger charge is -2.37.